The van der Waals surface area contributed by atoms with E-state index in [0.717, 1.165) is 42.7 Å². The van der Waals surface area contributed by atoms with Crippen LogP contribution in [0.25, 0.3) is 0 Å². The van der Waals surface area contributed by atoms with Crippen LogP contribution in [0, 0.1) is 0 Å². The van der Waals surface area contributed by atoms with E-state index in [1.807, 2.05) is 18.2 Å². The third-order valence-corrected chi connectivity index (χ3v) is 5.60. The summed E-state index contributed by atoms with van der Waals surface area (Å²) in [5.41, 5.74) is 2.87. The van der Waals surface area contributed by atoms with Crippen molar-refractivity contribution in [2.45, 2.75) is 38.4 Å². The van der Waals surface area contributed by atoms with Gasteiger partial charge in [0.05, 0.1) is 25.4 Å². The largest absolute Gasteiger partial charge is 0.492 e. The molecule has 0 radical (unpaired) electrons. The Morgan fingerprint density at radius 1 is 1.14 bits per heavy atom. The monoisotopic (exact) mass is 415 g/mol. The smallest absolute Gasteiger partial charge is 0.292 e. The number of nitrogens with zero attached hydrogens (tertiary/aromatic N) is 1. The molecule has 0 unspecified atom stereocenters. The number of hydrogen-bond donors (Lipinski definition) is 0. The van der Waals surface area contributed by atoms with Gasteiger partial charge in [0, 0.05) is 10.6 Å². The van der Waals surface area contributed by atoms with Crippen LogP contribution in [0.5, 0.6) is 5.75 Å². The van der Waals surface area contributed by atoms with Gasteiger partial charge in [0.2, 0.25) is 0 Å². The summed E-state index contributed by atoms with van der Waals surface area (Å²) in [6, 6.07) is 13.4. The fraction of sp³-hybridized carbons (Fsp3) is 0.435. The summed E-state index contributed by atoms with van der Waals surface area (Å²) in [5.74, 6) is -0.758. The number of fused-ring (bicyclic) bond motifs is 2. The van der Waals surface area contributed by atoms with Crippen LogP contribution in [0.2, 0.25) is 5.02 Å². The van der Waals surface area contributed by atoms with Crippen molar-refractivity contribution < 1.29 is 19.0 Å². The van der Waals surface area contributed by atoms with Gasteiger partial charge in [-0.1, -0.05) is 31.0 Å². The van der Waals surface area contributed by atoms with Crippen LogP contribution in [0.4, 0.5) is 5.69 Å². The Bertz CT molecular complexity index is 862. The predicted octanol–water partition coefficient (Wildman–Crippen LogP) is 4.70. The number of benzene rings is 2. The van der Waals surface area contributed by atoms with Gasteiger partial charge >= 0.3 is 0 Å². The predicted molar refractivity (Wildman–Crippen MR) is 113 cm³/mol. The summed E-state index contributed by atoms with van der Waals surface area (Å²) in [4.78, 5) is 15.1. The Labute approximate surface area is 176 Å². The van der Waals surface area contributed by atoms with Crippen molar-refractivity contribution in [3.05, 3.63) is 58.6 Å². The van der Waals surface area contributed by atoms with Gasteiger partial charge in [0.25, 0.3) is 11.7 Å². The van der Waals surface area contributed by atoms with Crippen LogP contribution in [-0.4, -0.2) is 32.3 Å². The van der Waals surface area contributed by atoms with Gasteiger partial charge in [-0.05, 0) is 61.2 Å². The summed E-state index contributed by atoms with van der Waals surface area (Å²) in [7, 11) is 0. The normalized spacial score (nSPS) is 17.6. The highest BCUT2D eigenvalue weighted by molar-refractivity contribution is 6.30. The van der Waals surface area contributed by atoms with Crippen molar-refractivity contribution in [3.8, 4) is 5.75 Å². The number of halogens is 1. The first kappa shape index (κ1) is 20.2. The number of rotatable bonds is 7. The highest BCUT2D eigenvalue weighted by atomic mass is 35.5. The minimum atomic E-state index is -1.31. The van der Waals surface area contributed by atoms with Crippen LogP contribution in [0.1, 0.15) is 37.3 Å². The molecule has 0 aliphatic carbocycles. The molecule has 2 heterocycles. The first-order chi connectivity index (χ1) is 14.1. The van der Waals surface area contributed by atoms with E-state index in [4.69, 9.17) is 25.8 Å². The quantitative estimate of drug-likeness (QED) is 0.657. The molecule has 4 rings (SSSR count). The number of ether oxygens (including phenoxy) is 3. The maximum atomic E-state index is 13.4. The number of unbranched alkanes of at least 4 members (excludes halogenated alkanes) is 1. The number of anilines is 1. The fourth-order valence-electron chi connectivity index (χ4n) is 3.84. The Kier molecular flexibility index (Phi) is 6.09. The Morgan fingerprint density at radius 2 is 1.90 bits per heavy atom. The summed E-state index contributed by atoms with van der Waals surface area (Å²) < 4.78 is 17.7. The molecule has 1 amide bonds. The first-order valence-corrected chi connectivity index (χ1v) is 10.6. The molecule has 0 N–H and O–H groups in total. The zero-order valence-corrected chi connectivity index (χ0v) is 17.4. The van der Waals surface area contributed by atoms with E-state index in [1.54, 1.807) is 17.0 Å². The van der Waals surface area contributed by atoms with Gasteiger partial charge in [-0.25, -0.2) is 0 Å². The Morgan fingerprint density at radius 3 is 2.62 bits per heavy atom. The standard InChI is InChI=1S/C23H26ClNO4/c1-2-3-5-17-6-11-21-20(16-17)23(28-13-4-14-29-23)22(26)25(21)12-15-27-19-9-7-18(24)8-10-19/h6-11,16H,2-5,12-15H2,1H3. The van der Waals surface area contributed by atoms with E-state index in [9.17, 15) is 4.79 Å². The molecule has 0 saturated carbocycles. The van der Waals surface area contributed by atoms with E-state index in [2.05, 4.69) is 19.1 Å². The molecule has 0 aromatic heterocycles. The topological polar surface area (TPSA) is 48.0 Å². The van der Waals surface area contributed by atoms with Crippen LogP contribution >= 0.6 is 11.6 Å². The van der Waals surface area contributed by atoms with Crippen LogP contribution < -0.4 is 9.64 Å². The molecule has 2 aliphatic heterocycles. The Balaban J connectivity index is 1.55. The number of carbonyl (C=O) groups is 1. The zero-order chi connectivity index (χ0) is 20.3. The van der Waals surface area contributed by atoms with E-state index < -0.39 is 5.79 Å². The van der Waals surface area contributed by atoms with Gasteiger partial charge in [0.15, 0.2) is 0 Å². The molecule has 154 valence electrons. The van der Waals surface area contributed by atoms with Crippen molar-refractivity contribution in [2.24, 2.45) is 0 Å². The van der Waals surface area contributed by atoms with Gasteiger partial charge in [0.1, 0.15) is 12.4 Å². The van der Waals surface area contributed by atoms with Gasteiger partial charge in [-0.15, -0.1) is 0 Å². The zero-order valence-electron chi connectivity index (χ0n) is 16.7. The van der Waals surface area contributed by atoms with Crippen molar-refractivity contribution >= 4 is 23.2 Å². The highest BCUT2D eigenvalue weighted by Gasteiger charge is 2.54. The van der Waals surface area contributed by atoms with Gasteiger partial charge in [-0.2, -0.15) is 0 Å². The molecule has 1 fully saturated rings. The van der Waals surface area contributed by atoms with E-state index in [1.165, 1.54) is 5.56 Å². The molecule has 5 nitrogen and oxygen atoms in total. The molecular formula is C23H26ClNO4. The average molecular weight is 416 g/mol. The second-order valence-electron chi connectivity index (χ2n) is 7.38. The SMILES string of the molecule is CCCCc1ccc2c(c1)C1(OCCCO1)C(=O)N2CCOc1ccc(Cl)cc1. The molecule has 2 aliphatic rings. The van der Waals surface area contributed by atoms with Crippen molar-refractivity contribution in [1.29, 1.82) is 0 Å². The molecular weight excluding hydrogens is 390 g/mol. The number of carbonyl (C=O) groups excluding carboxylic acids is 1. The third kappa shape index (κ3) is 4.00. The minimum Gasteiger partial charge on any atom is -0.492 e. The second kappa shape index (κ2) is 8.74. The van der Waals surface area contributed by atoms with Crippen LogP contribution in [-0.2, 0) is 26.5 Å². The lowest BCUT2D eigenvalue weighted by Crippen LogP contribution is -2.48. The van der Waals surface area contributed by atoms with Gasteiger partial charge in [-0.3, -0.25) is 4.79 Å². The van der Waals surface area contributed by atoms with E-state index in [0.29, 0.717) is 31.4 Å². The van der Waals surface area contributed by atoms with Crippen molar-refractivity contribution in [3.63, 3.8) is 0 Å². The average Bonchev–Trinajstić information content (AvgIpc) is 2.96. The molecule has 0 bridgehead atoms. The van der Waals surface area contributed by atoms with Crippen molar-refractivity contribution in [1.82, 2.24) is 0 Å². The summed E-state index contributed by atoms with van der Waals surface area (Å²) in [6.45, 7) is 3.98. The molecule has 2 aromatic rings. The molecule has 2 aromatic carbocycles. The minimum absolute atomic E-state index is 0.167. The number of aryl methyl sites for hydroxylation is 1. The maximum absolute atomic E-state index is 13.4. The van der Waals surface area contributed by atoms with Gasteiger partial charge < -0.3 is 19.1 Å². The molecule has 29 heavy (non-hydrogen) atoms. The van der Waals surface area contributed by atoms with Crippen LogP contribution in [0.15, 0.2) is 42.5 Å². The summed E-state index contributed by atoms with van der Waals surface area (Å²) >= 11 is 5.92. The molecule has 1 saturated heterocycles. The molecule has 1 spiro atoms. The van der Waals surface area contributed by atoms with Crippen LogP contribution in [0.3, 0.4) is 0 Å². The lowest BCUT2D eigenvalue weighted by atomic mass is 10.00. The van der Waals surface area contributed by atoms with Crippen molar-refractivity contribution in [2.75, 3.05) is 31.3 Å². The summed E-state index contributed by atoms with van der Waals surface area (Å²) in [6.07, 6.45) is 4.01. The molecule has 6 heteroatoms. The molecule has 0 atom stereocenters. The first-order valence-electron chi connectivity index (χ1n) is 10.3. The Hall–Kier alpha value is -2.08. The lowest BCUT2D eigenvalue weighted by molar-refractivity contribution is -0.256. The second-order valence-corrected chi connectivity index (χ2v) is 7.82. The van der Waals surface area contributed by atoms with E-state index >= 15 is 0 Å². The number of amides is 1. The maximum Gasteiger partial charge on any atom is 0.292 e. The third-order valence-electron chi connectivity index (χ3n) is 5.35. The highest BCUT2D eigenvalue weighted by Crippen LogP contribution is 2.45. The fourth-order valence-corrected chi connectivity index (χ4v) is 3.97. The number of hydrogen-bond acceptors (Lipinski definition) is 4. The van der Waals surface area contributed by atoms with E-state index in [-0.39, 0.29) is 5.91 Å². The summed E-state index contributed by atoms with van der Waals surface area (Å²) in [5, 5.41) is 0.661. The lowest BCUT2D eigenvalue weighted by Gasteiger charge is -2.32.